The molecule has 0 fully saturated rings. The van der Waals surface area contributed by atoms with E-state index in [0.717, 1.165) is 18.8 Å². The lowest BCUT2D eigenvalue weighted by molar-refractivity contribution is 0.419. The molecule has 0 atom stereocenters. The zero-order valence-corrected chi connectivity index (χ0v) is 9.43. The zero-order valence-electron chi connectivity index (χ0n) is 9.43. The summed E-state index contributed by atoms with van der Waals surface area (Å²) in [5.74, 6) is 0. The summed E-state index contributed by atoms with van der Waals surface area (Å²) in [4.78, 5) is 6.44. The molecule has 2 nitrogen and oxygen atoms in total. The molecule has 0 aromatic carbocycles. The van der Waals surface area contributed by atoms with E-state index >= 15 is 0 Å². The summed E-state index contributed by atoms with van der Waals surface area (Å²) < 4.78 is 0. The van der Waals surface area contributed by atoms with Crippen molar-refractivity contribution in [3.63, 3.8) is 0 Å². The number of pyridine rings is 1. The quantitative estimate of drug-likeness (QED) is 0.682. The Morgan fingerprint density at radius 2 is 2.00 bits per heavy atom. The molecule has 0 aliphatic heterocycles. The van der Waals surface area contributed by atoms with E-state index in [1.807, 2.05) is 36.4 Å². The minimum atomic E-state index is 0.988. The van der Waals surface area contributed by atoms with Crippen molar-refractivity contribution in [3.8, 4) is 0 Å². The summed E-state index contributed by atoms with van der Waals surface area (Å²) in [6, 6.07) is 5.89. The van der Waals surface area contributed by atoms with E-state index in [9.17, 15) is 0 Å². The Balaban J connectivity index is 2.46. The summed E-state index contributed by atoms with van der Waals surface area (Å²) in [6.07, 6.45) is 9.95. The normalized spacial score (nSPS) is 11.3. The molecule has 0 saturated carbocycles. The van der Waals surface area contributed by atoms with Gasteiger partial charge in [-0.2, -0.15) is 0 Å². The van der Waals surface area contributed by atoms with Crippen molar-refractivity contribution in [2.45, 2.75) is 13.8 Å². The lowest BCUT2D eigenvalue weighted by Crippen LogP contribution is -2.14. The van der Waals surface area contributed by atoms with Gasteiger partial charge >= 0.3 is 0 Å². The van der Waals surface area contributed by atoms with Crippen LogP contribution in [-0.2, 0) is 0 Å². The first-order valence-corrected chi connectivity index (χ1v) is 5.36. The van der Waals surface area contributed by atoms with E-state index < -0.39 is 0 Å². The molecule has 15 heavy (non-hydrogen) atoms. The Kier molecular flexibility index (Phi) is 5.23. The Bertz CT molecular complexity index is 311. The Morgan fingerprint density at radius 3 is 2.60 bits per heavy atom. The second-order valence-electron chi connectivity index (χ2n) is 3.18. The molecule has 2 heteroatoms. The molecule has 0 amide bonds. The van der Waals surface area contributed by atoms with E-state index in [1.165, 1.54) is 0 Å². The van der Waals surface area contributed by atoms with Crippen molar-refractivity contribution in [3.05, 3.63) is 48.4 Å². The molecular formula is C13H18N2. The van der Waals surface area contributed by atoms with Crippen LogP contribution in [0.5, 0.6) is 0 Å². The minimum Gasteiger partial charge on any atom is -0.378 e. The SMILES string of the molecule is CCN(/C=C/C=C\c1ccccn1)CC. The van der Waals surface area contributed by atoms with Crippen LogP contribution in [0.4, 0.5) is 0 Å². The van der Waals surface area contributed by atoms with Gasteiger partial charge in [0.25, 0.3) is 0 Å². The monoisotopic (exact) mass is 202 g/mol. The summed E-state index contributed by atoms with van der Waals surface area (Å²) >= 11 is 0. The van der Waals surface area contributed by atoms with E-state index in [1.54, 1.807) is 6.20 Å². The van der Waals surface area contributed by atoms with Gasteiger partial charge in [-0.05, 0) is 44.3 Å². The average molecular weight is 202 g/mol. The summed E-state index contributed by atoms with van der Waals surface area (Å²) in [7, 11) is 0. The molecule has 1 rings (SSSR count). The topological polar surface area (TPSA) is 16.1 Å². The highest BCUT2D eigenvalue weighted by atomic mass is 15.1. The van der Waals surface area contributed by atoms with Crippen LogP contribution in [0.15, 0.2) is 42.7 Å². The number of nitrogens with zero attached hydrogens (tertiary/aromatic N) is 2. The molecule has 0 spiro atoms. The highest BCUT2D eigenvalue weighted by Crippen LogP contribution is 1.97. The lowest BCUT2D eigenvalue weighted by Gasteiger charge is -2.13. The lowest BCUT2D eigenvalue weighted by atomic mass is 10.3. The predicted molar refractivity (Wildman–Crippen MR) is 65.3 cm³/mol. The van der Waals surface area contributed by atoms with Crippen molar-refractivity contribution < 1.29 is 0 Å². The van der Waals surface area contributed by atoms with Crippen molar-refractivity contribution in [2.75, 3.05) is 13.1 Å². The van der Waals surface area contributed by atoms with Crippen LogP contribution in [0, 0.1) is 0 Å². The van der Waals surface area contributed by atoms with Gasteiger partial charge in [-0.25, -0.2) is 0 Å². The molecule has 0 unspecified atom stereocenters. The Morgan fingerprint density at radius 1 is 1.20 bits per heavy atom. The molecule has 1 heterocycles. The molecule has 1 aromatic rings. The van der Waals surface area contributed by atoms with Gasteiger partial charge in [0.2, 0.25) is 0 Å². The van der Waals surface area contributed by atoms with Crippen molar-refractivity contribution >= 4 is 6.08 Å². The number of allylic oxidation sites excluding steroid dienone is 2. The van der Waals surface area contributed by atoms with Crippen molar-refractivity contribution in [2.24, 2.45) is 0 Å². The molecule has 0 aliphatic carbocycles. The van der Waals surface area contributed by atoms with Crippen molar-refractivity contribution in [1.29, 1.82) is 0 Å². The zero-order chi connectivity index (χ0) is 10.9. The third-order valence-electron chi connectivity index (χ3n) is 2.18. The van der Waals surface area contributed by atoms with Gasteiger partial charge in [-0.15, -0.1) is 0 Å². The molecule has 80 valence electrons. The van der Waals surface area contributed by atoms with E-state index in [4.69, 9.17) is 0 Å². The van der Waals surface area contributed by atoms with Gasteiger partial charge < -0.3 is 4.90 Å². The molecule has 0 aliphatic rings. The molecule has 0 N–H and O–H groups in total. The molecule has 0 saturated heterocycles. The molecule has 0 radical (unpaired) electrons. The van der Waals surface area contributed by atoms with Crippen LogP contribution in [0.3, 0.4) is 0 Å². The number of rotatable bonds is 5. The molecule has 1 aromatic heterocycles. The van der Waals surface area contributed by atoms with Crippen LogP contribution < -0.4 is 0 Å². The van der Waals surface area contributed by atoms with E-state index in [-0.39, 0.29) is 0 Å². The van der Waals surface area contributed by atoms with Crippen LogP contribution in [0.1, 0.15) is 19.5 Å². The number of hydrogen-bond acceptors (Lipinski definition) is 2. The summed E-state index contributed by atoms with van der Waals surface area (Å²) in [6.45, 7) is 6.39. The highest BCUT2D eigenvalue weighted by molar-refractivity contribution is 5.46. The summed E-state index contributed by atoms with van der Waals surface area (Å²) in [5.41, 5.74) is 0.988. The Hall–Kier alpha value is -1.57. The second kappa shape index (κ2) is 6.82. The average Bonchev–Trinajstić information content (AvgIpc) is 2.31. The smallest absolute Gasteiger partial charge is 0.0629 e. The maximum atomic E-state index is 4.20. The molecular weight excluding hydrogens is 184 g/mol. The van der Waals surface area contributed by atoms with Gasteiger partial charge in [-0.1, -0.05) is 12.1 Å². The number of aromatic nitrogens is 1. The van der Waals surface area contributed by atoms with Gasteiger partial charge in [0.05, 0.1) is 5.69 Å². The predicted octanol–water partition coefficient (Wildman–Crippen LogP) is 2.95. The largest absolute Gasteiger partial charge is 0.378 e. The van der Waals surface area contributed by atoms with Crippen LogP contribution in [0.2, 0.25) is 0 Å². The number of hydrogen-bond donors (Lipinski definition) is 0. The van der Waals surface area contributed by atoms with Gasteiger partial charge in [0.1, 0.15) is 0 Å². The third kappa shape index (κ3) is 4.45. The molecule has 0 bridgehead atoms. The first-order valence-electron chi connectivity index (χ1n) is 5.36. The van der Waals surface area contributed by atoms with E-state index in [0.29, 0.717) is 0 Å². The van der Waals surface area contributed by atoms with Crippen molar-refractivity contribution in [1.82, 2.24) is 9.88 Å². The summed E-state index contributed by atoms with van der Waals surface area (Å²) in [5, 5.41) is 0. The fourth-order valence-electron chi connectivity index (χ4n) is 1.23. The minimum absolute atomic E-state index is 0.988. The maximum absolute atomic E-state index is 4.20. The Labute approximate surface area is 92.0 Å². The van der Waals surface area contributed by atoms with Gasteiger partial charge in [0.15, 0.2) is 0 Å². The second-order valence-corrected chi connectivity index (χ2v) is 3.18. The van der Waals surface area contributed by atoms with Crippen LogP contribution >= 0.6 is 0 Å². The maximum Gasteiger partial charge on any atom is 0.0629 e. The third-order valence-corrected chi connectivity index (χ3v) is 2.18. The van der Waals surface area contributed by atoms with Crippen LogP contribution in [-0.4, -0.2) is 23.0 Å². The fraction of sp³-hybridized carbons (Fsp3) is 0.308. The highest BCUT2D eigenvalue weighted by Gasteiger charge is 1.86. The van der Waals surface area contributed by atoms with Gasteiger partial charge in [0, 0.05) is 19.3 Å². The van der Waals surface area contributed by atoms with Crippen LogP contribution in [0.25, 0.3) is 6.08 Å². The van der Waals surface area contributed by atoms with Gasteiger partial charge in [-0.3, -0.25) is 4.98 Å². The standard InChI is InChI=1S/C13H18N2/c1-3-15(4-2)12-8-6-10-13-9-5-7-11-14-13/h5-12H,3-4H2,1-2H3/b10-6-,12-8+. The van der Waals surface area contributed by atoms with E-state index in [2.05, 4.69) is 29.9 Å². The fourth-order valence-corrected chi connectivity index (χ4v) is 1.23. The first kappa shape index (κ1) is 11.5. The first-order chi connectivity index (χ1) is 7.36.